The third-order valence-corrected chi connectivity index (χ3v) is 1.77. The van der Waals surface area contributed by atoms with E-state index in [9.17, 15) is 0 Å². The summed E-state index contributed by atoms with van der Waals surface area (Å²) in [7, 11) is 1.88. The maximum atomic E-state index is 4.00. The third-order valence-electron chi connectivity index (χ3n) is 1.77. The molecule has 55 valence electrons. The number of aryl methyl sites for hydroxylation is 2. The van der Waals surface area contributed by atoms with Crippen molar-refractivity contribution >= 4 is 11.0 Å². The molecule has 0 N–H and O–H groups in total. The van der Waals surface area contributed by atoms with Crippen LogP contribution in [0.2, 0.25) is 0 Å². The molecule has 2 aromatic rings. The van der Waals surface area contributed by atoms with Crippen LogP contribution in [-0.4, -0.2) is 15.0 Å². The summed E-state index contributed by atoms with van der Waals surface area (Å²) >= 11 is 0. The van der Waals surface area contributed by atoms with Crippen LogP contribution < -0.4 is 0 Å². The van der Waals surface area contributed by atoms with Gasteiger partial charge in [-0.1, -0.05) is 11.3 Å². The summed E-state index contributed by atoms with van der Waals surface area (Å²) in [5.74, 6) is 0. The van der Waals surface area contributed by atoms with Gasteiger partial charge in [0, 0.05) is 7.05 Å². The van der Waals surface area contributed by atoms with Crippen molar-refractivity contribution in [1.82, 2.24) is 15.0 Å². The van der Waals surface area contributed by atoms with Gasteiger partial charge in [0.2, 0.25) is 0 Å². The Kier molecular flexibility index (Phi) is 1.18. The number of rotatable bonds is 0. The molecule has 0 amide bonds. The zero-order valence-corrected chi connectivity index (χ0v) is 6.50. The van der Waals surface area contributed by atoms with Gasteiger partial charge in [0.05, 0.1) is 5.52 Å². The fourth-order valence-electron chi connectivity index (χ4n) is 1.13. The number of hydrogen-bond acceptors (Lipinski definition) is 2. The molecule has 0 atom stereocenters. The topological polar surface area (TPSA) is 30.7 Å². The highest BCUT2D eigenvalue weighted by Gasteiger charge is 2.01. The molecule has 3 nitrogen and oxygen atoms in total. The highest BCUT2D eigenvalue weighted by Crippen LogP contribution is 2.12. The average Bonchev–Trinajstić information content (AvgIpc) is 2.35. The minimum atomic E-state index is 0.940. The number of aromatic nitrogens is 3. The molecule has 0 aliphatic carbocycles. The van der Waals surface area contributed by atoms with Gasteiger partial charge in [0.1, 0.15) is 5.52 Å². The van der Waals surface area contributed by atoms with E-state index in [1.54, 1.807) is 4.68 Å². The van der Waals surface area contributed by atoms with Crippen molar-refractivity contribution in [3.8, 4) is 0 Å². The molecule has 0 saturated heterocycles. The molecule has 2 rings (SSSR count). The monoisotopic (exact) mass is 146 g/mol. The van der Waals surface area contributed by atoms with Crippen LogP contribution in [0, 0.1) is 13.0 Å². The zero-order chi connectivity index (χ0) is 7.84. The highest BCUT2D eigenvalue weighted by molar-refractivity contribution is 5.77. The molecule has 11 heavy (non-hydrogen) atoms. The number of benzene rings is 1. The predicted octanol–water partition coefficient (Wildman–Crippen LogP) is 1.08. The highest BCUT2D eigenvalue weighted by atomic mass is 15.4. The fraction of sp³-hybridized carbons (Fsp3) is 0.250. The van der Waals surface area contributed by atoms with Gasteiger partial charge in [-0.15, -0.1) is 5.10 Å². The first-order chi connectivity index (χ1) is 5.29. The Morgan fingerprint density at radius 3 is 3.09 bits per heavy atom. The smallest absolute Gasteiger partial charge is 0.116 e. The van der Waals surface area contributed by atoms with Crippen molar-refractivity contribution in [2.75, 3.05) is 0 Å². The van der Waals surface area contributed by atoms with Crippen LogP contribution in [0.3, 0.4) is 0 Å². The lowest BCUT2D eigenvalue weighted by molar-refractivity contribution is 0.736. The van der Waals surface area contributed by atoms with Crippen molar-refractivity contribution < 1.29 is 0 Å². The first kappa shape index (κ1) is 6.34. The molecule has 1 radical (unpaired) electrons. The molecule has 0 saturated carbocycles. The molecule has 1 aromatic heterocycles. The summed E-state index contributed by atoms with van der Waals surface area (Å²) in [6, 6.07) is 6.92. The van der Waals surface area contributed by atoms with Gasteiger partial charge in [-0.05, 0) is 24.6 Å². The summed E-state index contributed by atoms with van der Waals surface area (Å²) in [5.41, 5.74) is 3.05. The second kappa shape index (κ2) is 2.05. The van der Waals surface area contributed by atoms with Crippen LogP contribution >= 0.6 is 0 Å². The minimum absolute atomic E-state index is 0.940. The molecule has 0 bridgehead atoms. The molecule has 0 unspecified atom stereocenters. The van der Waals surface area contributed by atoms with Gasteiger partial charge < -0.3 is 0 Å². The van der Waals surface area contributed by atoms with E-state index in [1.165, 1.54) is 0 Å². The van der Waals surface area contributed by atoms with Crippen LogP contribution in [-0.2, 0) is 7.05 Å². The van der Waals surface area contributed by atoms with Gasteiger partial charge in [-0.3, -0.25) is 0 Å². The Labute approximate surface area is 64.6 Å². The van der Waals surface area contributed by atoms with Gasteiger partial charge in [-0.2, -0.15) is 0 Å². The quantitative estimate of drug-likeness (QED) is 0.556. The van der Waals surface area contributed by atoms with Crippen molar-refractivity contribution in [2.24, 2.45) is 7.05 Å². The molecule has 0 spiro atoms. The summed E-state index contributed by atoms with van der Waals surface area (Å²) in [6.45, 7) is 1.98. The first-order valence-electron chi connectivity index (χ1n) is 3.46. The molecule has 0 fully saturated rings. The van der Waals surface area contributed by atoms with E-state index in [2.05, 4.69) is 16.4 Å². The van der Waals surface area contributed by atoms with E-state index < -0.39 is 0 Å². The average molecular weight is 146 g/mol. The Morgan fingerprint density at radius 1 is 1.55 bits per heavy atom. The van der Waals surface area contributed by atoms with E-state index in [0.717, 1.165) is 16.6 Å². The number of fused-ring (bicyclic) bond motifs is 1. The van der Waals surface area contributed by atoms with Crippen molar-refractivity contribution in [3.63, 3.8) is 0 Å². The van der Waals surface area contributed by atoms with E-state index in [4.69, 9.17) is 0 Å². The van der Waals surface area contributed by atoms with E-state index >= 15 is 0 Å². The lowest BCUT2D eigenvalue weighted by Crippen LogP contribution is -1.88. The molecular formula is C8H8N3. The SMILES string of the molecule is Cc1[c]ccc2c1nnn2C. The first-order valence-corrected chi connectivity index (χ1v) is 3.46. The molecule has 1 heterocycles. The Morgan fingerprint density at radius 2 is 2.36 bits per heavy atom. The molecule has 0 aliphatic rings. The lowest BCUT2D eigenvalue weighted by atomic mass is 10.2. The predicted molar refractivity (Wildman–Crippen MR) is 42.1 cm³/mol. The molecular weight excluding hydrogens is 138 g/mol. The molecule has 3 heteroatoms. The number of hydrogen-bond donors (Lipinski definition) is 0. The summed E-state index contributed by atoms with van der Waals surface area (Å²) in [6.07, 6.45) is 0. The minimum Gasteiger partial charge on any atom is -0.248 e. The van der Waals surface area contributed by atoms with E-state index in [-0.39, 0.29) is 0 Å². The largest absolute Gasteiger partial charge is 0.248 e. The zero-order valence-electron chi connectivity index (χ0n) is 6.50. The van der Waals surface area contributed by atoms with Crippen LogP contribution in [0.25, 0.3) is 11.0 Å². The van der Waals surface area contributed by atoms with Crippen LogP contribution in [0.5, 0.6) is 0 Å². The normalized spacial score (nSPS) is 10.7. The van der Waals surface area contributed by atoms with Crippen LogP contribution in [0.4, 0.5) is 0 Å². The second-order valence-electron chi connectivity index (χ2n) is 2.55. The lowest BCUT2D eigenvalue weighted by Gasteiger charge is -1.92. The fourth-order valence-corrected chi connectivity index (χ4v) is 1.13. The van der Waals surface area contributed by atoms with E-state index in [0.29, 0.717) is 0 Å². The Hall–Kier alpha value is -1.38. The van der Waals surface area contributed by atoms with Gasteiger partial charge in [0.15, 0.2) is 0 Å². The number of nitrogens with zero attached hydrogens (tertiary/aromatic N) is 3. The second-order valence-corrected chi connectivity index (χ2v) is 2.55. The van der Waals surface area contributed by atoms with E-state index in [1.807, 2.05) is 26.1 Å². The molecule has 0 aliphatic heterocycles. The summed E-state index contributed by atoms with van der Waals surface area (Å²) in [4.78, 5) is 0. The van der Waals surface area contributed by atoms with Gasteiger partial charge in [-0.25, -0.2) is 4.68 Å². The van der Waals surface area contributed by atoms with Crippen molar-refractivity contribution in [3.05, 3.63) is 23.8 Å². The van der Waals surface area contributed by atoms with Crippen molar-refractivity contribution in [2.45, 2.75) is 6.92 Å². The van der Waals surface area contributed by atoms with Crippen LogP contribution in [0.15, 0.2) is 12.1 Å². The Balaban J connectivity index is 2.94. The maximum absolute atomic E-state index is 4.00. The summed E-state index contributed by atoms with van der Waals surface area (Å²) < 4.78 is 1.76. The van der Waals surface area contributed by atoms with Gasteiger partial charge >= 0.3 is 0 Å². The third kappa shape index (κ3) is 0.808. The van der Waals surface area contributed by atoms with Gasteiger partial charge in [0.25, 0.3) is 0 Å². The van der Waals surface area contributed by atoms with Crippen molar-refractivity contribution in [1.29, 1.82) is 0 Å². The maximum Gasteiger partial charge on any atom is 0.116 e. The standard InChI is InChI=1S/C8H8N3/c1-6-4-3-5-7-8(6)9-10-11(7)2/h3,5H,1-2H3. The molecule has 1 aromatic carbocycles. The Bertz CT molecular complexity index is 389. The summed E-state index contributed by atoms with van der Waals surface area (Å²) in [5, 5.41) is 7.90. The van der Waals surface area contributed by atoms with Crippen LogP contribution in [0.1, 0.15) is 5.56 Å².